The minimum absolute atomic E-state index is 0.337. The van der Waals surface area contributed by atoms with Crippen LogP contribution < -0.4 is 4.74 Å². The molecule has 1 atom stereocenters. The Morgan fingerprint density at radius 2 is 2.32 bits per heavy atom. The van der Waals surface area contributed by atoms with E-state index in [0.717, 1.165) is 13.1 Å². The van der Waals surface area contributed by atoms with Gasteiger partial charge < -0.3 is 9.47 Å². The highest BCUT2D eigenvalue weighted by molar-refractivity contribution is 5.36. The summed E-state index contributed by atoms with van der Waals surface area (Å²) in [7, 11) is 0. The van der Waals surface area contributed by atoms with Crippen LogP contribution in [-0.2, 0) is 4.74 Å². The molecule has 0 aromatic heterocycles. The Balaban J connectivity index is 1.77. The number of nitriles is 2. The van der Waals surface area contributed by atoms with Crippen LogP contribution in [0.1, 0.15) is 5.56 Å². The molecule has 1 fully saturated rings. The van der Waals surface area contributed by atoms with Gasteiger partial charge in [0, 0.05) is 19.6 Å². The molecular formula is C14H15N3O2. The second kappa shape index (κ2) is 6.75. The molecule has 19 heavy (non-hydrogen) atoms. The van der Waals surface area contributed by atoms with E-state index in [4.69, 9.17) is 20.0 Å². The van der Waals surface area contributed by atoms with E-state index >= 15 is 0 Å². The molecule has 1 heterocycles. The van der Waals surface area contributed by atoms with Gasteiger partial charge in [-0.05, 0) is 18.2 Å². The maximum atomic E-state index is 8.81. The Morgan fingerprint density at radius 1 is 1.42 bits per heavy atom. The third-order valence-electron chi connectivity index (χ3n) is 2.93. The van der Waals surface area contributed by atoms with Gasteiger partial charge in [0.2, 0.25) is 0 Å². The van der Waals surface area contributed by atoms with Crippen LogP contribution in [0.4, 0.5) is 0 Å². The molecule has 5 nitrogen and oxygen atoms in total. The first-order chi connectivity index (χ1) is 9.31. The van der Waals surface area contributed by atoms with E-state index in [2.05, 4.69) is 17.0 Å². The molecule has 98 valence electrons. The molecule has 0 amide bonds. The summed E-state index contributed by atoms with van der Waals surface area (Å²) < 4.78 is 10.9. The molecule has 0 spiro atoms. The van der Waals surface area contributed by atoms with Gasteiger partial charge in [-0.3, -0.25) is 4.90 Å². The lowest BCUT2D eigenvalue weighted by atomic mass is 10.2. The fourth-order valence-corrected chi connectivity index (χ4v) is 1.93. The van der Waals surface area contributed by atoms with Crippen LogP contribution >= 0.6 is 0 Å². The Morgan fingerprint density at radius 3 is 3.11 bits per heavy atom. The molecule has 0 N–H and O–H groups in total. The highest BCUT2D eigenvalue weighted by Crippen LogP contribution is 2.12. The molecule has 1 aromatic rings. The van der Waals surface area contributed by atoms with E-state index in [9.17, 15) is 0 Å². The van der Waals surface area contributed by atoms with E-state index in [1.54, 1.807) is 18.2 Å². The van der Waals surface area contributed by atoms with Crippen LogP contribution in [0.25, 0.3) is 0 Å². The van der Waals surface area contributed by atoms with E-state index < -0.39 is 0 Å². The lowest BCUT2D eigenvalue weighted by Crippen LogP contribution is -2.43. The molecule has 2 rings (SSSR count). The predicted octanol–water partition coefficient (Wildman–Crippen LogP) is 1.16. The first-order valence-corrected chi connectivity index (χ1v) is 6.18. The second-order valence-electron chi connectivity index (χ2n) is 4.28. The maximum absolute atomic E-state index is 8.81. The topological polar surface area (TPSA) is 69.3 Å². The number of rotatable bonds is 4. The SMILES string of the molecule is N#Cc1cccc(OCCN2CCOC(C#N)C2)c1. The van der Waals surface area contributed by atoms with Crippen LogP contribution in [0.2, 0.25) is 0 Å². The highest BCUT2D eigenvalue weighted by atomic mass is 16.5. The first kappa shape index (κ1) is 13.4. The zero-order valence-corrected chi connectivity index (χ0v) is 10.6. The number of hydrogen-bond acceptors (Lipinski definition) is 5. The summed E-state index contributed by atoms with van der Waals surface area (Å²) in [6.45, 7) is 3.31. The number of benzene rings is 1. The van der Waals surface area contributed by atoms with Crippen molar-refractivity contribution in [2.45, 2.75) is 6.10 Å². The monoisotopic (exact) mass is 257 g/mol. The predicted molar refractivity (Wildman–Crippen MR) is 68.4 cm³/mol. The summed E-state index contributed by atoms with van der Waals surface area (Å²) in [6, 6.07) is 11.3. The molecule has 1 aliphatic rings. The molecule has 0 saturated carbocycles. The number of nitrogens with zero attached hydrogens (tertiary/aromatic N) is 3. The molecule has 5 heteroatoms. The van der Waals surface area contributed by atoms with Gasteiger partial charge in [-0.15, -0.1) is 0 Å². The van der Waals surface area contributed by atoms with Crippen molar-refractivity contribution in [2.75, 3.05) is 32.8 Å². The molecule has 1 saturated heterocycles. The number of hydrogen-bond donors (Lipinski definition) is 0. The number of morpholine rings is 1. The third kappa shape index (κ3) is 3.96. The van der Waals surface area contributed by atoms with Gasteiger partial charge in [0.05, 0.1) is 24.3 Å². The maximum Gasteiger partial charge on any atom is 0.156 e. The van der Waals surface area contributed by atoms with Gasteiger partial charge in [0.1, 0.15) is 12.4 Å². The summed E-state index contributed by atoms with van der Waals surface area (Å²) in [4.78, 5) is 2.14. The largest absolute Gasteiger partial charge is 0.492 e. The molecule has 0 radical (unpaired) electrons. The summed E-state index contributed by atoms with van der Waals surface area (Å²) in [5.74, 6) is 0.698. The summed E-state index contributed by atoms with van der Waals surface area (Å²) in [6.07, 6.45) is -0.337. The normalized spacial score (nSPS) is 19.4. The molecular weight excluding hydrogens is 242 g/mol. The van der Waals surface area contributed by atoms with Crippen molar-refractivity contribution < 1.29 is 9.47 Å². The Hall–Kier alpha value is -2.08. The Labute approximate surface area is 112 Å². The van der Waals surface area contributed by atoms with Crippen LogP contribution in [0.3, 0.4) is 0 Å². The van der Waals surface area contributed by atoms with Gasteiger partial charge in [-0.1, -0.05) is 6.07 Å². The van der Waals surface area contributed by atoms with Gasteiger partial charge in [0.25, 0.3) is 0 Å². The third-order valence-corrected chi connectivity index (χ3v) is 2.93. The molecule has 1 aromatic carbocycles. The van der Waals surface area contributed by atoms with E-state index in [1.807, 2.05) is 6.07 Å². The zero-order valence-electron chi connectivity index (χ0n) is 10.6. The van der Waals surface area contributed by atoms with E-state index in [1.165, 1.54) is 0 Å². The standard InChI is InChI=1S/C14H15N3O2/c15-9-12-2-1-3-13(8-12)18-6-4-17-5-7-19-14(10-16)11-17/h1-3,8,14H,4-7,11H2. The lowest BCUT2D eigenvalue weighted by molar-refractivity contribution is -0.00334. The van der Waals surface area contributed by atoms with Crippen LogP contribution in [0, 0.1) is 22.7 Å². The zero-order chi connectivity index (χ0) is 13.5. The van der Waals surface area contributed by atoms with Gasteiger partial charge in [-0.2, -0.15) is 10.5 Å². The second-order valence-corrected chi connectivity index (χ2v) is 4.28. The minimum Gasteiger partial charge on any atom is -0.492 e. The number of ether oxygens (including phenoxy) is 2. The van der Waals surface area contributed by atoms with Crippen molar-refractivity contribution in [3.63, 3.8) is 0 Å². The van der Waals surface area contributed by atoms with Crippen molar-refractivity contribution in [1.29, 1.82) is 10.5 Å². The average molecular weight is 257 g/mol. The lowest BCUT2D eigenvalue weighted by Gasteiger charge is -2.29. The van der Waals surface area contributed by atoms with Crippen molar-refractivity contribution in [1.82, 2.24) is 4.90 Å². The fourth-order valence-electron chi connectivity index (χ4n) is 1.93. The highest BCUT2D eigenvalue weighted by Gasteiger charge is 2.19. The summed E-state index contributed by atoms with van der Waals surface area (Å²) in [5.41, 5.74) is 0.591. The molecule has 0 bridgehead atoms. The van der Waals surface area contributed by atoms with Crippen molar-refractivity contribution >= 4 is 0 Å². The average Bonchev–Trinajstić information content (AvgIpc) is 2.48. The van der Waals surface area contributed by atoms with Gasteiger partial charge >= 0.3 is 0 Å². The van der Waals surface area contributed by atoms with E-state index in [-0.39, 0.29) is 6.10 Å². The van der Waals surface area contributed by atoms with Gasteiger partial charge in [-0.25, -0.2) is 0 Å². The molecule has 1 unspecified atom stereocenters. The molecule has 1 aliphatic heterocycles. The van der Waals surface area contributed by atoms with Crippen LogP contribution in [0.5, 0.6) is 5.75 Å². The van der Waals surface area contributed by atoms with Gasteiger partial charge in [0.15, 0.2) is 6.10 Å². The van der Waals surface area contributed by atoms with Crippen LogP contribution in [0.15, 0.2) is 24.3 Å². The molecule has 0 aliphatic carbocycles. The fraction of sp³-hybridized carbons (Fsp3) is 0.429. The Bertz CT molecular complexity index is 504. The quantitative estimate of drug-likeness (QED) is 0.809. The summed E-state index contributed by atoms with van der Waals surface area (Å²) >= 11 is 0. The van der Waals surface area contributed by atoms with Crippen molar-refractivity contribution in [3.8, 4) is 17.9 Å². The Kier molecular flexibility index (Phi) is 4.74. The van der Waals surface area contributed by atoms with E-state index in [0.29, 0.717) is 31.1 Å². The van der Waals surface area contributed by atoms with Crippen LogP contribution in [-0.4, -0.2) is 43.9 Å². The van der Waals surface area contributed by atoms with Crippen molar-refractivity contribution in [2.24, 2.45) is 0 Å². The van der Waals surface area contributed by atoms with Crippen molar-refractivity contribution in [3.05, 3.63) is 29.8 Å². The minimum atomic E-state index is -0.337. The smallest absolute Gasteiger partial charge is 0.156 e. The first-order valence-electron chi connectivity index (χ1n) is 6.18. The summed E-state index contributed by atoms with van der Waals surface area (Å²) in [5, 5.41) is 17.6.